The Bertz CT molecular complexity index is 1300. The van der Waals surface area contributed by atoms with Gasteiger partial charge in [-0.3, -0.25) is 4.79 Å². The lowest BCUT2D eigenvalue weighted by molar-refractivity contribution is -0.118. The van der Waals surface area contributed by atoms with Crippen molar-refractivity contribution in [2.45, 2.75) is 14.4 Å². The van der Waals surface area contributed by atoms with Crippen molar-refractivity contribution in [3.8, 4) is 11.5 Å². The maximum Gasteiger partial charge on any atom is 0.250 e. The minimum Gasteiger partial charge on any atom is -0.493 e. The van der Waals surface area contributed by atoms with Gasteiger partial charge in [-0.1, -0.05) is 83.4 Å². The van der Waals surface area contributed by atoms with Crippen LogP contribution in [-0.2, 0) is 10.5 Å². The summed E-state index contributed by atoms with van der Waals surface area (Å²) < 4.78 is 12.2. The Labute approximate surface area is 210 Å². The number of para-hydroxylation sites is 1. The molecule has 0 aliphatic rings. The molecule has 4 aromatic rings. The van der Waals surface area contributed by atoms with E-state index in [1.807, 2.05) is 18.2 Å². The van der Waals surface area contributed by atoms with Crippen LogP contribution in [0.2, 0.25) is 0 Å². The fourth-order valence-corrected chi connectivity index (χ4v) is 6.04. The lowest BCUT2D eigenvalue weighted by atomic mass is 10.1. The first-order chi connectivity index (χ1) is 16.7. The third-order valence-electron chi connectivity index (χ3n) is 4.77. The smallest absolute Gasteiger partial charge is 0.250 e. The first kappa shape index (κ1) is 24.1. The van der Waals surface area contributed by atoms with Crippen LogP contribution in [0.3, 0.4) is 0 Å². The monoisotopic (exact) mass is 510 g/mol. The SMILES string of the molecule is COc1cccc(C=NNC(=O)CSc2nnc(SCc3cccc4ccccc34)s2)c1OC. The summed E-state index contributed by atoms with van der Waals surface area (Å²) in [6, 6.07) is 20.1. The summed E-state index contributed by atoms with van der Waals surface area (Å²) in [4.78, 5) is 12.2. The molecule has 0 saturated heterocycles. The van der Waals surface area contributed by atoms with Crippen molar-refractivity contribution >= 4 is 57.8 Å². The van der Waals surface area contributed by atoms with Crippen LogP contribution >= 0.6 is 34.9 Å². The third-order valence-corrected chi connectivity index (χ3v) is 8.01. The average molecular weight is 511 g/mol. The lowest BCUT2D eigenvalue weighted by Gasteiger charge is -2.09. The first-order valence-electron chi connectivity index (χ1n) is 10.3. The summed E-state index contributed by atoms with van der Waals surface area (Å²) in [5.41, 5.74) is 4.49. The Kier molecular flexibility index (Phi) is 8.40. The number of hydrazone groups is 1. The molecule has 0 fully saturated rings. The molecule has 0 spiro atoms. The van der Waals surface area contributed by atoms with Crippen molar-refractivity contribution in [1.82, 2.24) is 15.6 Å². The van der Waals surface area contributed by atoms with E-state index in [4.69, 9.17) is 9.47 Å². The molecule has 0 saturated carbocycles. The molecule has 0 unspecified atom stereocenters. The molecule has 1 N–H and O–H groups in total. The summed E-state index contributed by atoms with van der Waals surface area (Å²) in [7, 11) is 3.12. The molecule has 0 bridgehead atoms. The van der Waals surface area contributed by atoms with E-state index in [0.717, 1.165) is 14.4 Å². The fraction of sp³-hybridized carbons (Fsp3) is 0.167. The van der Waals surface area contributed by atoms with Crippen molar-refractivity contribution in [1.29, 1.82) is 0 Å². The maximum absolute atomic E-state index is 12.2. The van der Waals surface area contributed by atoms with Crippen molar-refractivity contribution in [3.05, 3.63) is 71.8 Å². The van der Waals surface area contributed by atoms with Crippen LogP contribution in [0.25, 0.3) is 10.8 Å². The van der Waals surface area contributed by atoms with Crippen LogP contribution in [-0.4, -0.2) is 42.3 Å². The largest absolute Gasteiger partial charge is 0.493 e. The van der Waals surface area contributed by atoms with Gasteiger partial charge in [0, 0.05) is 11.3 Å². The highest BCUT2D eigenvalue weighted by molar-refractivity contribution is 8.03. The van der Waals surface area contributed by atoms with Crippen LogP contribution in [0.15, 0.2) is 74.4 Å². The number of carbonyl (C=O) groups is 1. The molecular formula is C24H22N4O3S3. The van der Waals surface area contributed by atoms with Gasteiger partial charge in [-0.15, -0.1) is 10.2 Å². The third kappa shape index (κ3) is 6.07. The number of hydrogen-bond acceptors (Lipinski definition) is 9. The number of carbonyl (C=O) groups excluding carboxylic acids is 1. The van der Waals surface area contributed by atoms with Crippen molar-refractivity contribution in [3.63, 3.8) is 0 Å². The van der Waals surface area contributed by atoms with Gasteiger partial charge < -0.3 is 9.47 Å². The average Bonchev–Trinajstić information content (AvgIpc) is 3.33. The van der Waals surface area contributed by atoms with Crippen LogP contribution < -0.4 is 14.9 Å². The zero-order chi connectivity index (χ0) is 23.8. The predicted octanol–water partition coefficient (Wildman–Crippen LogP) is 5.24. The van der Waals surface area contributed by atoms with Gasteiger partial charge in [0.2, 0.25) is 0 Å². The Morgan fingerprint density at radius 3 is 2.59 bits per heavy atom. The number of methoxy groups -OCH3 is 2. The summed E-state index contributed by atoms with van der Waals surface area (Å²) in [5.74, 6) is 1.92. The molecule has 0 atom stereocenters. The number of amides is 1. The van der Waals surface area contributed by atoms with Gasteiger partial charge in [-0.05, 0) is 28.5 Å². The quantitative estimate of drug-likeness (QED) is 0.177. The van der Waals surface area contributed by atoms with Crippen LogP contribution in [0.4, 0.5) is 0 Å². The molecule has 0 radical (unpaired) electrons. The van der Waals surface area contributed by atoms with Gasteiger partial charge in [-0.25, -0.2) is 5.43 Å². The van der Waals surface area contributed by atoms with Crippen LogP contribution in [0.1, 0.15) is 11.1 Å². The highest BCUT2D eigenvalue weighted by Crippen LogP contribution is 2.32. The molecule has 1 heterocycles. The van der Waals surface area contributed by atoms with E-state index in [-0.39, 0.29) is 11.7 Å². The molecule has 3 aromatic carbocycles. The van der Waals surface area contributed by atoms with E-state index >= 15 is 0 Å². The lowest BCUT2D eigenvalue weighted by Crippen LogP contribution is -2.19. The van der Waals surface area contributed by atoms with Crippen molar-refractivity contribution in [2.24, 2.45) is 5.10 Å². The van der Waals surface area contributed by atoms with Gasteiger partial charge in [0.05, 0.1) is 26.2 Å². The number of ether oxygens (including phenoxy) is 2. The molecule has 0 aliphatic carbocycles. The molecule has 1 aromatic heterocycles. The Morgan fingerprint density at radius 1 is 1.00 bits per heavy atom. The topological polar surface area (TPSA) is 85.7 Å². The second-order valence-corrected chi connectivity index (χ2v) is 10.3. The molecule has 4 rings (SSSR count). The van der Waals surface area contributed by atoms with Gasteiger partial charge in [0.1, 0.15) is 0 Å². The van der Waals surface area contributed by atoms with Crippen LogP contribution in [0, 0.1) is 0 Å². The van der Waals surface area contributed by atoms with Crippen molar-refractivity contribution in [2.75, 3.05) is 20.0 Å². The Balaban J connectivity index is 1.27. The van der Waals surface area contributed by atoms with Crippen molar-refractivity contribution < 1.29 is 14.3 Å². The number of benzene rings is 3. The summed E-state index contributed by atoms with van der Waals surface area (Å²) in [6.07, 6.45) is 1.52. The Hall–Kier alpha value is -3.08. The summed E-state index contributed by atoms with van der Waals surface area (Å²) in [6.45, 7) is 0. The van der Waals surface area contributed by atoms with Gasteiger partial charge >= 0.3 is 0 Å². The van der Waals surface area contributed by atoms with E-state index in [2.05, 4.69) is 57.1 Å². The second-order valence-electron chi connectivity index (χ2n) is 6.93. The predicted molar refractivity (Wildman–Crippen MR) is 139 cm³/mol. The second kappa shape index (κ2) is 11.9. The number of fused-ring (bicyclic) bond motifs is 1. The summed E-state index contributed by atoms with van der Waals surface area (Å²) in [5, 5.41) is 14.9. The number of aromatic nitrogens is 2. The standard InChI is InChI=1S/C24H22N4O3S3/c1-30-20-12-6-9-17(22(20)31-2)13-25-26-21(29)15-33-24-28-27-23(34-24)32-14-18-10-5-8-16-7-3-4-11-19(16)18/h3-13H,14-15H2,1-2H3,(H,26,29). The molecule has 10 heteroatoms. The number of hydrogen-bond donors (Lipinski definition) is 1. The zero-order valence-corrected chi connectivity index (χ0v) is 21.0. The van der Waals surface area contributed by atoms with E-state index in [0.29, 0.717) is 17.1 Å². The van der Waals surface area contributed by atoms with E-state index < -0.39 is 0 Å². The number of rotatable bonds is 10. The van der Waals surface area contributed by atoms with Crippen LogP contribution in [0.5, 0.6) is 11.5 Å². The molecular weight excluding hydrogens is 488 g/mol. The zero-order valence-electron chi connectivity index (χ0n) is 18.6. The highest BCUT2D eigenvalue weighted by atomic mass is 32.2. The minimum atomic E-state index is -0.233. The molecule has 7 nitrogen and oxygen atoms in total. The maximum atomic E-state index is 12.2. The highest BCUT2D eigenvalue weighted by Gasteiger charge is 2.10. The van der Waals surface area contributed by atoms with Gasteiger partial charge in [0.15, 0.2) is 20.2 Å². The normalized spacial score (nSPS) is 11.1. The first-order valence-corrected chi connectivity index (χ1v) is 13.1. The van der Waals surface area contributed by atoms with E-state index in [1.54, 1.807) is 32.0 Å². The molecule has 174 valence electrons. The van der Waals surface area contributed by atoms with E-state index in [1.165, 1.54) is 45.6 Å². The Morgan fingerprint density at radius 2 is 1.76 bits per heavy atom. The molecule has 34 heavy (non-hydrogen) atoms. The van der Waals surface area contributed by atoms with Gasteiger partial charge in [0.25, 0.3) is 5.91 Å². The number of nitrogens with one attached hydrogen (secondary N) is 1. The van der Waals surface area contributed by atoms with Gasteiger partial charge in [-0.2, -0.15) is 5.10 Å². The minimum absolute atomic E-state index is 0.190. The fourth-order valence-electron chi connectivity index (χ4n) is 3.22. The summed E-state index contributed by atoms with van der Waals surface area (Å²) >= 11 is 4.47. The number of nitrogens with zero attached hydrogens (tertiary/aromatic N) is 3. The molecule has 0 aliphatic heterocycles. The number of thioether (sulfide) groups is 2. The van der Waals surface area contributed by atoms with E-state index in [9.17, 15) is 4.79 Å². The molecule has 1 amide bonds.